The maximum absolute atomic E-state index is 12.1. The van der Waals surface area contributed by atoms with E-state index in [4.69, 9.17) is 5.73 Å². The number of allylic oxidation sites excluding steroid dienone is 2. The Hall–Kier alpha value is -2.67. The van der Waals surface area contributed by atoms with Crippen molar-refractivity contribution >= 4 is 28.3 Å². The molecule has 0 aromatic carbocycles. The van der Waals surface area contributed by atoms with Crippen LogP contribution < -0.4 is 5.73 Å². The molecule has 0 saturated carbocycles. The van der Waals surface area contributed by atoms with E-state index in [0.717, 1.165) is 48.8 Å². The van der Waals surface area contributed by atoms with Gasteiger partial charge in [0.25, 0.3) is 0 Å². The summed E-state index contributed by atoms with van der Waals surface area (Å²) in [5.74, 6) is 1.01. The first-order valence-corrected chi connectivity index (χ1v) is 9.85. The number of amides is 1. The Morgan fingerprint density at radius 3 is 2.93 bits per heavy atom. The van der Waals surface area contributed by atoms with Crippen LogP contribution >= 0.6 is 0 Å². The fourth-order valence-corrected chi connectivity index (χ4v) is 4.69. The summed E-state index contributed by atoms with van der Waals surface area (Å²) in [5, 5.41) is 10.4. The summed E-state index contributed by atoms with van der Waals surface area (Å²) >= 11 is 0. The van der Waals surface area contributed by atoms with Crippen molar-refractivity contribution in [2.24, 2.45) is 13.0 Å². The van der Waals surface area contributed by atoms with Gasteiger partial charge < -0.3 is 20.3 Å². The highest BCUT2D eigenvalue weighted by atomic mass is 16.3. The van der Waals surface area contributed by atoms with E-state index in [0.29, 0.717) is 18.3 Å². The smallest absolute Gasteiger partial charge is 0.245 e. The number of nitrogens with zero attached hydrogens (tertiary/aromatic N) is 4. The number of hydrogen-bond acceptors (Lipinski definition) is 5. The van der Waals surface area contributed by atoms with E-state index in [9.17, 15) is 9.90 Å². The van der Waals surface area contributed by atoms with Gasteiger partial charge in [0.15, 0.2) is 0 Å². The number of hydrogen-bond donors (Lipinski definition) is 2. The number of fused-ring (bicyclic) bond motifs is 1. The summed E-state index contributed by atoms with van der Waals surface area (Å²) in [7, 11) is 2.02. The summed E-state index contributed by atoms with van der Waals surface area (Å²) in [6.45, 7) is 5.23. The molecule has 28 heavy (non-hydrogen) atoms. The lowest BCUT2D eigenvalue weighted by molar-refractivity contribution is -0.125. The number of likely N-dealkylation sites (tertiary alicyclic amines) is 1. The number of aryl methyl sites for hydroxylation is 1. The third kappa shape index (κ3) is 2.99. The zero-order chi connectivity index (χ0) is 19.8. The number of carbonyl (C=O) groups is 1. The Kier molecular flexibility index (Phi) is 4.93. The third-order valence-electron chi connectivity index (χ3n) is 6.20. The van der Waals surface area contributed by atoms with Gasteiger partial charge in [-0.1, -0.05) is 12.7 Å². The van der Waals surface area contributed by atoms with Crippen molar-refractivity contribution in [1.29, 1.82) is 0 Å². The molecule has 3 N–H and O–H groups in total. The molecule has 0 bridgehead atoms. The Morgan fingerprint density at radius 1 is 1.43 bits per heavy atom. The molecule has 1 saturated heterocycles. The van der Waals surface area contributed by atoms with Gasteiger partial charge in [-0.15, -0.1) is 0 Å². The molecule has 0 radical (unpaired) electrons. The molecular weight excluding hydrogens is 354 g/mol. The van der Waals surface area contributed by atoms with Crippen LogP contribution in [0.25, 0.3) is 16.6 Å². The average molecular weight is 381 g/mol. The highest BCUT2D eigenvalue weighted by molar-refractivity contribution is 5.99. The number of nitrogens with two attached hydrogens (primary N) is 1. The van der Waals surface area contributed by atoms with Crippen molar-refractivity contribution in [3.8, 4) is 0 Å². The standard InChI is InChI=1S/C21H27N5O2/c1-3-16(28)26-9-8-15(10-26)19-17(14-6-4-13(11-27)5-7-14)18-20(22)23-12-24-21(18)25(19)2/h3,6,12-13,15,27H,1,4-5,7-11H2,2H3,(H2,22,23,24). The maximum atomic E-state index is 12.1. The molecule has 7 heteroatoms. The molecule has 2 aliphatic rings. The van der Waals surface area contributed by atoms with Crippen molar-refractivity contribution in [3.05, 3.63) is 36.3 Å². The molecular formula is C21H27N5O2. The first kappa shape index (κ1) is 18.7. The third-order valence-corrected chi connectivity index (χ3v) is 6.20. The van der Waals surface area contributed by atoms with Crippen LogP contribution in [0.1, 0.15) is 42.9 Å². The second kappa shape index (κ2) is 7.39. The number of nitrogen functional groups attached to an aromatic ring is 1. The van der Waals surface area contributed by atoms with Crippen molar-refractivity contribution in [3.63, 3.8) is 0 Å². The number of carbonyl (C=O) groups excluding carboxylic acids is 1. The molecule has 7 nitrogen and oxygen atoms in total. The van der Waals surface area contributed by atoms with Crippen molar-refractivity contribution in [1.82, 2.24) is 19.4 Å². The van der Waals surface area contributed by atoms with E-state index in [-0.39, 0.29) is 18.4 Å². The summed E-state index contributed by atoms with van der Waals surface area (Å²) in [6, 6.07) is 0. The Balaban J connectivity index is 1.83. The largest absolute Gasteiger partial charge is 0.396 e. The summed E-state index contributed by atoms with van der Waals surface area (Å²) in [5.41, 5.74) is 10.7. The van der Waals surface area contributed by atoms with E-state index in [1.165, 1.54) is 23.7 Å². The first-order valence-electron chi connectivity index (χ1n) is 9.85. The van der Waals surface area contributed by atoms with E-state index in [1.807, 2.05) is 11.9 Å². The van der Waals surface area contributed by atoms with Crippen LogP contribution in [-0.2, 0) is 11.8 Å². The quantitative estimate of drug-likeness (QED) is 0.792. The second-order valence-electron chi connectivity index (χ2n) is 7.80. The van der Waals surface area contributed by atoms with Gasteiger partial charge >= 0.3 is 0 Å². The number of anilines is 1. The molecule has 1 fully saturated rings. The van der Waals surface area contributed by atoms with Crippen molar-refractivity contribution in [2.75, 3.05) is 25.4 Å². The van der Waals surface area contributed by atoms with Crippen LogP contribution in [-0.4, -0.2) is 50.1 Å². The lowest BCUT2D eigenvalue weighted by Crippen LogP contribution is -2.26. The zero-order valence-electron chi connectivity index (χ0n) is 16.3. The van der Waals surface area contributed by atoms with Gasteiger partial charge in [-0.05, 0) is 43.3 Å². The van der Waals surface area contributed by atoms with Crippen LogP contribution in [0.3, 0.4) is 0 Å². The number of aliphatic hydroxyl groups excluding tert-OH is 1. The van der Waals surface area contributed by atoms with Gasteiger partial charge in [-0.3, -0.25) is 4.79 Å². The summed E-state index contributed by atoms with van der Waals surface area (Å²) in [6.07, 6.45) is 8.73. The summed E-state index contributed by atoms with van der Waals surface area (Å²) < 4.78 is 2.12. The van der Waals surface area contributed by atoms with Gasteiger partial charge in [0.2, 0.25) is 5.91 Å². The average Bonchev–Trinajstić information content (AvgIpc) is 3.31. The van der Waals surface area contributed by atoms with Crippen LogP contribution in [0.15, 0.2) is 25.1 Å². The lowest BCUT2D eigenvalue weighted by Gasteiger charge is -2.23. The minimum Gasteiger partial charge on any atom is -0.396 e. The van der Waals surface area contributed by atoms with Gasteiger partial charge in [0.1, 0.15) is 17.8 Å². The van der Waals surface area contributed by atoms with Crippen LogP contribution in [0.2, 0.25) is 0 Å². The van der Waals surface area contributed by atoms with Crippen molar-refractivity contribution < 1.29 is 9.90 Å². The number of rotatable bonds is 4. The summed E-state index contributed by atoms with van der Waals surface area (Å²) in [4.78, 5) is 22.7. The molecule has 148 valence electrons. The second-order valence-corrected chi connectivity index (χ2v) is 7.80. The predicted molar refractivity (Wildman–Crippen MR) is 109 cm³/mol. The maximum Gasteiger partial charge on any atom is 0.245 e. The van der Waals surface area contributed by atoms with Gasteiger partial charge in [-0.2, -0.15) is 0 Å². The van der Waals surface area contributed by atoms with E-state index >= 15 is 0 Å². The SMILES string of the molecule is C=CC(=O)N1CCC(c2c(C3=CCC(CO)CC3)c3c(N)ncnc3n2C)C1. The minimum atomic E-state index is -0.0233. The Labute approximate surface area is 164 Å². The fourth-order valence-electron chi connectivity index (χ4n) is 4.69. The molecule has 2 aromatic rings. The first-order chi connectivity index (χ1) is 13.5. The highest BCUT2D eigenvalue weighted by Gasteiger charge is 2.33. The molecule has 4 rings (SSSR count). The number of aromatic nitrogens is 3. The van der Waals surface area contributed by atoms with E-state index in [2.05, 4.69) is 27.2 Å². The highest BCUT2D eigenvalue weighted by Crippen LogP contribution is 2.43. The molecule has 2 atom stereocenters. The van der Waals surface area contributed by atoms with Gasteiger partial charge in [-0.25, -0.2) is 9.97 Å². The zero-order valence-corrected chi connectivity index (χ0v) is 16.3. The van der Waals surface area contributed by atoms with Crippen molar-refractivity contribution in [2.45, 2.75) is 31.6 Å². The number of aliphatic hydroxyl groups is 1. The van der Waals surface area contributed by atoms with Gasteiger partial charge in [0.05, 0.1) is 5.39 Å². The minimum absolute atomic E-state index is 0.0233. The monoisotopic (exact) mass is 381 g/mol. The molecule has 1 amide bonds. The van der Waals surface area contributed by atoms with Crippen LogP contribution in [0.5, 0.6) is 0 Å². The molecule has 1 aliphatic heterocycles. The lowest BCUT2D eigenvalue weighted by atomic mass is 9.84. The Bertz CT molecular complexity index is 961. The van der Waals surface area contributed by atoms with E-state index in [1.54, 1.807) is 0 Å². The predicted octanol–water partition coefficient (Wildman–Crippen LogP) is 2.23. The molecule has 1 aliphatic carbocycles. The normalized spacial score (nSPS) is 22.5. The van der Waals surface area contributed by atoms with E-state index < -0.39 is 0 Å². The van der Waals surface area contributed by atoms with Crippen LogP contribution in [0, 0.1) is 5.92 Å². The molecule has 0 spiro atoms. The molecule has 2 aromatic heterocycles. The molecule has 3 heterocycles. The topological polar surface area (TPSA) is 97.3 Å². The Morgan fingerprint density at radius 2 is 2.25 bits per heavy atom. The fraction of sp³-hybridized carbons (Fsp3) is 0.476. The van der Waals surface area contributed by atoms with Gasteiger partial charge in [0, 0.05) is 43.9 Å². The van der Waals surface area contributed by atoms with Crippen LogP contribution in [0.4, 0.5) is 5.82 Å². The molecule has 2 unspecified atom stereocenters.